The highest BCUT2D eigenvalue weighted by Crippen LogP contribution is 2.19. The molecule has 0 spiro atoms. The van der Waals surface area contributed by atoms with Crippen molar-refractivity contribution in [1.29, 1.82) is 0 Å². The van der Waals surface area contributed by atoms with Crippen LogP contribution in [-0.2, 0) is 6.54 Å². The zero-order valence-corrected chi connectivity index (χ0v) is 9.68. The Morgan fingerprint density at radius 2 is 2.38 bits per heavy atom. The average molecular weight is 223 g/mol. The van der Waals surface area contributed by atoms with E-state index in [4.69, 9.17) is 5.11 Å². The molecular formula is C11H17N3O2. The number of likely N-dealkylation sites (tertiary alicyclic amines) is 1. The van der Waals surface area contributed by atoms with E-state index >= 15 is 0 Å². The van der Waals surface area contributed by atoms with Crippen LogP contribution in [0.5, 0.6) is 0 Å². The molecule has 0 aliphatic carbocycles. The standard InChI is InChI=1S/C11H17N3O2/c1-8-6-9(2)14(12-8)7-10-4-3-5-13(10)11(15)16/h6,10H,3-5,7H2,1-2H3,(H,15,16). The number of aromatic nitrogens is 2. The Labute approximate surface area is 94.7 Å². The number of nitrogens with zero attached hydrogens (tertiary/aromatic N) is 3. The molecule has 5 heteroatoms. The lowest BCUT2D eigenvalue weighted by Crippen LogP contribution is -2.37. The van der Waals surface area contributed by atoms with E-state index in [-0.39, 0.29) is 6.04 Å². The lowest BCUT2D eigenvalue weighted by Gasteiger charge is -2.21. The van der Waals surface area contributed by atoms with Crippen LogP contribution in [0.25, 0.3) is 0 Å². The van der Waals surface area contributed by atoms with E-state index in [1.54, 1.807) is 0 Å². The summed E-state index contributed by atoms with van der Waals surface area (Å²) in [5.41, 5.74) is 2.08. The molecule has 1 N–H and O–H groups in total. The SMILES string of the molecule is Cc1cc(C)n(CC2CCCN2C(=O)O)n1. The molecule has 1 amide bonds. The lowest BCUT2D eigenvalue weighted by atomic mass is 10.2. The summed E-state index contributed by atoms with van der Waals surface area (Å²) in [6.07, 6.45) is 1.07. The van der Waals surface area contributed by atoms with Crippen LogP contribution in [-0.4, -0.2) is 38.5 Å². The molecule has 1 saturated heterocycles. The van der Waals surface area contributed by atoms with E-state index in [0.717, 1.165) is 24.2 Å². The monoisotopic (exact) mass is 223 g/mol. The molecule has 1 aromatic heterocycles. The molecule has 2 rings (SSSR count). The van der Waals surface area contributed by atoms with E-state index < -0.39 is 6.09 Å². The fourth-order valence-corrected chi connectivity index (χ4v) is 2.34. The van der Waals surface area contributed by atoms with Crippen molar-refractivity contribution >= 4 is 6.09 Å². The zero-order chi connectivity index (χ0) is 11.7. The minimum atomic E-state index is -0.816. The highest BCUT2D eigenvalue weighted by atomic mass is 16.4. The number of hydrogen-bond acceptors (Lipinski definition) is 2. The Balaban J connectivity index is 2.09. The van der Waals surface area contributed by atoms with Crippen LogP contribution in [0.2, 0.25) is 0 Å². The molecule has 1 aliphatic heterocycles. The van der Waals surface area contributed by atoms with Crippen molar-refractivity contribution in [3.05, 3.63) is 17.5 Å². The number of carboxylic acid groups (broad SMARTS) is 1. The smallest absolute Gasteiger partial charge is 0.407 e. The van der Waals surface area contributed by atoms with Gasteiger partial charge < -0.3 is 10.0 Å². The van der Waals surface area contributed by atoms with Crippen LogP contribution in [0, 0.1) is 13.8 Å². The second-order valence-electron chi connectivity index (χ2n) is 4.38. The summed E-state index contributed by atoms with van der Waals surface area (Å²) in [5.74, 6) is 0. The van der Waals surface area contributed by atoms with Gasteiger partial charge in [-0.25, -0.2) is 4.79 Å². The fraction of sp³-hybridized carbons (Fsp3) is 0.636. The Morgan fingerprint density at radius 1 is 1.62 bits per heavy atom. The Bertz CT molecular complexity index is 400. The molecule has 1 aromatic rings. The van der Waals surface area contributed by atoms with Gasteiger partial charge in [0.05, 0.1) is 18.3 Å². The number of amides is 1. The summed E-state index contributed by atoms with van der Waals surface area (Å²) >= 11 is 0. The third-order valence-electron chi connectivity index (χ3n) is 3.11. The number of carbonyl (C=O) groups is 1. The molecule has 5 nitrogen and oxygen atoms in total. The predicted molar refractivity (Wildman–Crippen MR) is 59.5 cm³/mol. The number of aryl methyl sites for hydroxylation is 2. The van der Waals surface area contributed by atoms with Crippen LogP contribution in [0.1, 0.15) is 24.2 Å². The topological polar surface area (TPSA) is 58.4 Å². The van der Waals surface area contributed by atoms with E-state index in [2.05, 4.69) is 5.10 Å². The van der Waals surface area contributed by atoms with Crippen LogP contribution in [0.15, 0.2) is 6.07 Å². The van der Waals surface area contributed by atoms with Gasteiger partial charge in [-0.15, -0.1) is 0 Å². The van der Waals surface area contributed by atoms with Gasteiger partial charge in [-0.3, -0.25) is 4.68 Å². The Hall–Kier alpha value is -1.52. The third kappa shape index (κ3) is 2.03. The number of hydrogen-bond donors (Lipinski definition) is 1. The first-order valence-electron chi connectivity index (χ1n) is 5.58. The molecular weight excluding hydrogens is 206 g/mol. The molecule has 2 heterocycles. The molecule has 1 atom stereocenters. The van der Waals surface area contributed by atoms with Crippen molar-refractivity contribution in [2.45, 2.75) is 39.3 Å². The molecule has 0 aromatic carbocycles. The molecule has 88 valence electrons. The maximum atomic E-state index is 11.0. The normalized spacial score (nSPS) is 20.4. The third-order valence-corrected chi connectivity index (χ3v) is 3.11. The average Bonchev–Trinajstić information content (AvgIpc) is 2.75. The first kappa shape index (κ1) is 11.0. The van der Waals surface area contributed by atoms with Crippen molar-refractivity contribution < 1.29 is 9.90 Å². The highest BCUT2D eigenvalue weighted by molar-refractivity contribution is 5.65. The van der Waals surface area contributed by atoms with Crippen molar-refractivity contribution in [2.24, 2.45) is 0 Å². The predicted octanol–water partition coefficient (Wildman–Crippen LogP) is 1.64. The summed E-state index contributed by atoms with van der Waals surface area (Å²) in [4.78, 5) is 12.5. The Kier molecular flexibility index (Phi) is 2.85. The van der Waals surface area contributed by atoms with Crippen LogP contribution < -0.4 is 0 Å². The van der Waals surface area contributed by atoms with Crippen LogP contribution in [0.3, 0.4) is 0 Å². The summed E-state index contributed by atoms with van der Waals surface area (Å²) in [6.45, 7) is 5.28. The summed E-state index contributed by atoms with van der Waals surface area (Å²) < 4.78 is 1.90. The van der Waals surface area contributed by atoms with Gasteiger partial charge in [-0.05, 0) is 32.8 Å². The first-order chi connectivity index (χ1) is 7.58. The van der Waals surface area contributed by atoms with Gasteiger partial charge in [0.15, 0.2) is 0 Å². The maximum Gasteiger partial charge on any atom is 0.407 e. The second-order valence-corrected chi connectivity index (χ2v) is 4.38. The van der Waals surface area contributed by atoms with Crippen molar-refractivity contribution in [2.75, 3.05) is 6.54 Å². The quantitative estimate of drug-likeness (QED) is 0.829. The second kappa shape index (κ2) is 4.15. The van der Waals surface area contributed by atoms with E-state index in [9.17, 15) is 4.79 Å². The molecule has 0 radical (unpaired) electrons. The Morgan fingerprint density at radius 3 is 2.94 bits per heavy atom. The maximum absolute atomic E-state index is 11.0. The van der Waals surface area contributed by atoms with E-state index in [1.807, 2.05) is 24.6 Å². The van der Waals surface area contributed by atoms with E-state index in [0.29, 0.717) is 13.1 Å². The van der Waals surface area contributed by atoms with Gasteiger partial charge in [0, 0.05) is 12.2 Å². The van der Waals surface area contributed by atoms with Gasteiger partial charge in [-0.1, -0.05) is 0 Å². The molecule has 16 heavy (non-hydrogen) atoms. The largest absolute Gasteiger partial charge is 0.465 e. The molecule has 0 bridgehead atoms. The van der Waals surface area contributed by atoms with Crippen molar-refractivity contribution in [1.82, 2.24) is 14.7 Å². The van der Waals surface area contributed by atoms with Gasteiger partial charge in [0.1, 0.15) is 0 Å². The van der Waals surface area contributed by atoms with Gasteiger partial charge >= 0.3 is 6.09 Å². The molecule has 0 saturated carbocycles. The first-order valence-corrected chi connectivity index (χ1v) is 5.58. The lowest BCUT2D eigenvalue weighted by molar-refractivity contribution is 0.135. The number of rotatable bonds is 2. The summed E-state index contributed by atoms with van der Waals surface area (Å²) in [7, 11) is 0. The molecule has 1 fully saturated rings. The van der Waals surface area contributed by atoms with Crippen LogP contribution in [0.4, 0.5) is 4.79 Å². The van der Waals surface area contributed by atoms with E-state index in [1.165, 1.54) is 4.90 Å². The zero-order valence-electron chi connectivity index (χ0n) is 9.68. The molecule has 1 unspecified atom stereocenters. The van der Waals surface area contributed by atoms with Gasteiger partial charge in [0.2, 0.25) is 0 Å². The fourth-order valence-electron chi connectivity index (χ4n) is 2.34. The summed E-state index contributed by atoms with van der Waals surface area (Å²) in [6, 6.07) is 2.09. The van der Waals surface area contributed by atoms with Crippen molar-refractivity contribution in [3.8, 4) is 0 Å². The van der Waals surface area contributed by atoms with Gasteiger partial charge in [-0.2, -0.15) is 5.10 Å². The summed E-state index contributed by atoms with van der Waals surface area (Å²) in [5, 5.41) is 13.4. The molecule has 1 aliphatic rings. The van der Waals surface area contributed by atoms with Crippen molar-refractivity contribution in [3.63, 3.8) is 0 Å². The minimum Gasteiger partial charge on any atom is -0.465 e. The van der Waals surface area contributed by atoms with Gasteiger partial charge in [0.25, 0.3) is 0 Å². The van der Waals surface area contributed by atoms with Crippen LogP contribution >= 0.6 is 0 Å². The minimum absolute atomic E-state index is 0.0792. The highest BCUT2D eigenvalue weighted by Gasteiger charge is 2.29.